The molecular formula is C26H29NO6. The minimum Gasteiger partial charge on any atom is -0.468 e. The smallest absolute Gasteiger partial charge is 0.323 e. The second-order valence-corrected chi connectivity index (χ2v) is 9.09. The number of ether oxygens (including phenoxy) is 2. The van der Waals surface area contributed by atoms with Gasteiger partial charge in [0.1, 0.15) is 0 Å². The van der Waals surface area contributed by atoms with E-state index in [4.69, 9.17) is 9.47 Å². The lowest BCUT2D eigenvalue weighted by molar-refractivity contribution is -0.168. The summed E-state index contributed by atoms with van der Waals surface area (Å²) < 4.78 is 9.98. The first-order valence-electron chi connectivity index (χ1n) is 11.3. The van der Waals surface area contributed by atoms with Crippen molar-refractivity contribution in [2.24, 2.45) is 17.3 Å². The Morgan fingerprint density at radius 1 is 0.970 bits per heavy atom. The number of anilines is 1. The number of nitrogens with zero attached hydrogens (tertiary/aromatic N) is 1. The third-order valence-electron chi connectivity index (χ3n) is 7.00. The van der Waals surface area contributed by atoms with Gasteiger partial charge in [-0.3, -0.25) is 19.2 Å². The van der Waals surface area contributed by atoms with Gasteiger partial charge in [-0.15, -0.1) is 0 Å². The number of imide groups is 1. The maximum absolute atomic E-state index is 13.3. The molecule has 0 N–H and O–H groups in total. The van der Waals surface area contributed by atoms with Crippen molar-refractivity contribution >= 4 is 29.4 Å². The Kier molecular flexibility index (Phi) is 6.23. The maximum Gasteiger partial charge on any atom is 0.323 e. The normalized spacial score (nSPS) is 23.1. The van der Waals surface area contributed by atoms with E-state index in [1.165, 1.54) is 24.7 Å². The van der Waals surface area contributed by atoms with Gasteiger partial charge in [-0.1, -0.05) is 41.0 Å². The second-order valence-electron chi connectivity index (χ2n) is 9.09. The molecule has 1 aliphatic heterocycles. The number of amides is 2. The Hall–Kier alpha value is -3.22. The van der Waals surface area contributed by atoms with Crippen molar-refractivity contribution < 1.29 is 28.7 Å². The van der Waals surface area contributed by atoms with E-state index in [0.29, 0.717) is 18.5 Å². The van der Waals surface area contributed by atoms with Gasteiger partial charge in [0, 0.05) is 0 Å². The zero-order valence-electron chi connectivity index (χ0n) is 19.3. The highest BCUT2D eigenvalue weighted by molar-refractivity contribution is 6.23. The van der Waals surface area contributed by atoms with Gasteiger partial charge in [0.05, 0.1) is 31.7 Å². The third kappa shape index (κ3) is 4.12. The summed E-state index contributed by atoms with van der Waals surface area (Å²) in [5.41, 5.74) is 2.10. The Bertz CT molecular complexity index is 1030. The summed E-state index contributed by atoms with van der Waals surface area (Å²) in [6.07, 6.45) is 7.01. The molecule has 174 valence electrons. The van der Waals surface area contributed by atoms with Gasteiger partial charge in [-0.25, -0.2) is 4.90 Å². The molecule has 2 saturated carbocycles. The molecule has 2 aliphatic carbocycles. The quantitative estimate of drug-likeness (QED) is 0.272. The lowest BCUT2D eigenvalue weighted by atomic mass is 9.79. The molecule has 0 aromatic heterocycles. The highest BCUT2D eigenvalue weighted by atomic mass is 16.5. The fourth-order valence-corrected chi connectivity index (χ4v) is 4.88. The Balaban J connectivity index is 1.62. The third-order valence-corrected chi connectivity index (χ3v) is 7.00. The Morgan fingerprint density at radius 3 is 2.15 bits per heavy atom. The van der Waals surface area contributed by atoms with Gasteiger partial charge in [0.2, 0.25) is 11.8 Å². The summed E-state index contributed by atoms with van der Waals surface area (Å²) in [7, 11) is 2.50. The number of carbonyl (C=O) groups excluding carboxylic acids is 4. The molecule has 2 unspecified atom stereocenters. The minimum absolute atomic E-state index is 0.0562. The van der Waals surface area contributed by atoms with Crippen molar-refractivity contribution in [3.63, 3.8) is 0 Å². The highest BCUT2D eigenvalue weighted by Crippen LogP contribution is 2.46. The van der Waals surface area contributed by atoms with Gasteiger partial charge in [-0.2, -0.15) is 0 Å². The van der Waals surface area contributed by atoms with Crippen LogP contribution in [0.5, 0.6) is 0 Å². The number of fused-ring (bicyclic) bond motifs is 1. The molecule has 7 heteroatoms. The van der Waals surface area contributed by atoms with E-state index in [2.05, 4.69) is 0 Å². The van der Waals surface area contributed by atoms with Gasteiger partial charge in [0.15, 0.2) is 5.41 Å². The number of methoxy groups -OCH3 is 2. The lowest BCUT2D eigenvalue weighted by Crippen LogP contribution is -2.40. The predicted octanol–water partition coefficient (Wildman–Crippen LogP) is 3.65. The fraction of sp³-hybridized carbons (Fsp3) is 0.462. The van der Waals surface area contributed by atoms with Crippen LogP contribution in [0, 0.1) is 24.2 Å². The molecule has 7 nitrogen and oxygen atoms in total. The molecule has 1 heterocycles. The monoisotopic (exact) mass is 451 g/mol. The van der Waals surface area contributed by atoms with Crippen LogP contribution in [0.15, 0.2) is 47.6 Å². The minimum atomic E-state index is -1.51. The van der Waals surface area contributed by atoms with E-state index < -0.39 is 29.2 Å². The van der Waals surface area contributed by atoms with E-state index >= 15 is 0 Å². The average molecular weight is 452 g/mol. The number of aryl methyl sites for hydroxylation is 1. The fourth-order valence-electron chi connectivity index (χ4n) is 4.88. The zero-order valence-corrected chi connectivity index (χ0v) is 19.3. The SMILES string of the molecule is COC(=O)C(CC=C1CC1)(C/C=C1\CCC2C(=O)N(c3ccc(C)cc3)C(=O)C12)C(=O)OC. The van der Waals surface area contributed by atoms with E-state index in [0.717, 1.165) is 24.0 Å². The van der Waals surface area contributed by atoms with E-state index in [1.54, 1.807) is 18.2 Å². The van der Waals surface area contributed by atoms with Crippen molar-refractivity contribution in [2.75, 3.05) is 19.1 Å². The molecule has 0 radical (unpaired) electrons. The highest BCUT2D eigenvalue weighted by Gasteiger charge is 2.53. The molecule has 1 aromatic carbocycles. The van der Waals surface area contributed by atoms with Crippen LogP contribution >= 0.6 is 0 Å². The second kappa shape index (κ2) is 8.96. The number of hydrogen-bond donors (Lipinski definition) is 0. The summed E-state index contributed by atoms with van der Waals surface area (Å²) in [6.45, 7) is 1.95. The van der Waals surface area contributed by atoms with Crippen molar-refractivity contribution in [1.29, 1.82) is 0 Å². The predicted molar refractivity (Wildman–Crippen MR) is 121 cm³/mol. The maximum atomic E-state index is 13.3. The van der Waals surface area contributed by atoms with Gasteiger partial charge < -0.3 is 9.47 Å². The first kappa shape index (κ1) is 23.0. The zero-order chi connectivity index (χ0) is 23.8. The van der Waals surface area contributed by atoms with Crippen molar-refractivity contribution in [2.45, 2.75) is 45.4 Å². The molecule has 3 aliphatic rings. The molecule has 0 spiro atoms. The summed E-state index contributed by atoms with van der Waals surface area (Å²) in [4.78, 5) is 53.1. The molecular weight excluding hydrogens is 422 g/mol. The van der Waals surface area contributed by atoms with Crippen molar-refractivity contribution in [1.82, 2.24) is 0 Å². The van der Waals surface area contributed by atoms with Crippen LogP contribution in [0.25, 0.3) is 0 Å². The number of rotatable bonds is 7. The molecule has 0 bridgehead atoms. The number of carbonyl (C=O) groups is 4. The molecule has 3 fully saturated rings. The van der Waals surface area contributed by atoms with Crippen LogP contribution in [0.3, 0.4) is 0 Å². The van der Waals surface area contributed by atoms with Crippen LogP contribution in [0.2, 0.25) is 0 Å². The lowest BCUT2D eigenvalue weighted by Gasteiger charge is -2.26. The van der Waals surface area contributed by atoms with Crippen LogP contribution < -0.4 is 4.90 Å². The Morgan fingerprint density at radius 2 is 1.58 bits per heavy atom. The van der Waals surface area contributed by atoms with E-state index in [-0.39, 0.29) is 24.7 Å². The summed E-state index contributed by atoms with van der Waals surface area (Å²) in [6, 6.07) is 7.30. The van der Waals surface area contributed by atoms with Gasteiger partial charge in [-0.05, 0) is 57.6 Å². The van der Waals surface area contributed by atoms with E-state index in [1.807, 2.05) is 25.1 Å². The van der Waals surface area contributed by atoms with E-state index in [9.17, 15) is 19.2 Å². The molecule has 1 aromatic rings. The standard InChI is InChI=1S/C26H29NO6/c1-16-4-9-19(10-5-16)27-22(28)20-11-8-18(21(20)23(27)29)13-15-26(24(30)32-2,25(31)33-3)14-12-17-6-7-17/h4-5,9-10,12-13,20-21H,6-8,11,14-15H2,1-3H3/b18-13+. The number of esters is 2. The number of allylic oxidation sites excluding steroid dienone is 3. The van der Waals surface area contributed by atoms with Crippen LogP contribution in [0.1, 0.15) is 44.1 Å². The van der Waals surface area contributed by atoms with Crippen LogP contribution in [-0.2, 0) is 28.7 Å². The summed E-state index contributed by atoms with van der Waals surface area (Å²) in [5.74, 6) is -2.73. The first-order chi connectivity index (χ1) is 15.8. The van der Waals surface area contributed by atoms with Crippen molar-refractivity contribution in [3.8, 4) is 0 Å². The summed E-state index contributed by atoms with van der Waals surface area (Å²) >= 11 is 0. The first-order valence-corrected chi connectivity index (χ1v) is 11.3. The molecule has 4 rings (SSSR count). The van der Waals surface area contributed by atoms with Crippen molar-refractivity contribution in [3.05, 3.63) is 53.1 Å². The van der Waals surface area contributed by atoms with Crippen LogP contribution in [0.4, 0.5) is 5.69 Å². The van der Waals surface area contributed by atoms with Gasteiger partial charge in [0.25, 0.3) is 0 Å². The molecule has 33 heavy (non-hydrogen) atoms. The molecule has 1 saturated heterocycles. The molecule has 2 amide bonds. The van der Waals surface area contributed by atoms with Crippen LogP contribution in [-0.4, -0.2) is 38.0 Å². The topological polar surface area (TPSA) is 90.0 Å². The van der Waals surface area contributed by atoms with Gasteiger partial charge >= 0.3 is 11.9 Å². The number of benzene rings is 1. The Labute approximate surface area is 193 Å². The largest absolute Gasteiger partial charge is 0.468 e. The summed E-state index contributed by atoms with van der Waals surface area (Å²) in [5, 5.41) is 0. The molecule has 2 atom stereocenters. The number of hydrogen-bond acceptors (Lipinski definition) is 6. The average Bonchev–Trinajstić information content (AvgIpc) is 3.50.